The van der Waals surface area contributed by atoms with Gasteiger partial charge in [0.05, 0.1) is 17.8 Å². The quantitative estimate of drug-likeness (QED) is 0.675. The molecular weight excluding hydrogens is 326 g/mol. The van der Waals surface area contributed by atoms with Crippen LogP contribution in [-0.4, -0.2) is 27.1 Å². The number of nitrogens with zero attached hydrogens (tertiary/aromatic N) is 2. The Bertz CT molecular complexity index is 897. The Morgan fingerprint density at radius 2 is 2.04 bits per heavy atom. The van der Waals surface area contributed by atoms with Crippen LogP contribution in [0.4, 0.5) is 0 Å². The normalized spacial score (nSPS) is 20.2. The average Bonchev–Trinajstić information content (AvgIpc) is 3.11. The van der Waals surface area contributed by atoms with Gasteiger partial charge in [-0.05, 0) is 56.0 Å². The maximum atomic E-state index is 12.5. The van der Waals surface area contributed by atoms with E-state index in [4.69, 9.17) is 5.73 Å². The van der Waals surface area contributed by atoms with E-state index in [2.05, 4.69) is 20.5 Å². The van der Waals surface area contributed by atoms with E-state index in [1.54, 1.807) is 6.20 Å². The van der Waals surface area contributed by atoms with Gasteiger partial charge in [0.2, 0.25) is 0 Å². The molecule has 0 bridgehead atoms. The zero-order valence-electron chi connectivity index (χ0n) is 14.6. The van der Waals surface area contributed by atoms with E-state index in [0.717, 1.165) is 48.0 Å². The Morgan fingerprint density at radius 1 is 1.19 bits per heavy atom. The molecule has 1 fully saturated rings. The van der Waals surface area contributed by atoms with E-state index >= 15 is 0 Å². The number of aromatic nitrogens is 3. The Balaban J connectivity index is 1.53. The van der Waals surface area contributed by atoms with Gasteiger partial charge in [0.25, 0.3) is 5.91 Å². The number of carbonyl (C=O) groups is 1. The fraction of sp³-hybridized carbons (Fsp3) is 0.350. The minimum Gasteiger partial charge on any atom is -0.346 e. The van der Waals surface area contributed by atoms with Crippen LogP contribution in [0.2, 0.25) is 0 Å². The lowest BCUT2D eigenvalue weighted by atomic mass is 9.83. The van der Waals surface area contributed by atoms with Crippen molar-refractivity contribution in [1.29, 1.82) is 0 Å². The molecular formula is C20H23N5O. The molecule has 0 atom stereocenters. The highest BCUT2D eigenvalue weighted by atomic mass is 16.1. The van der Waals surface area contributed by atoms with Crippen LogP contribution in [0.1, 0.15) is 53.3 Å². The molecule has 0 spiro atoms. The molecule has 6 heteroatoms. The number of rotatable bonds is 4. The summed E-state index contributed by atoms with van der Waals surface area (Å²) >= 11 is 0. The Labute approximate surface area is 152 Å². The molecule has 1 aliphatic rings. The lowest BCUT2D eigenvalue weighted by Gasteiger charge is -2.25. The number of carbonyl (C=O) groups excluding carboxylic acids is 1. The van der Waals surface area contributed by atoms with Crippen molar-refractivity contribution in [2.24, 2.45) is 5.73 Å². The van der Waals surface area contributed by atoms with Gasteiger partial charge < -0.3 is 11.1 Å². The molecule has 1 amide bonds. The Kier molecular flexibility index (Phi) is 4.67. The van der Waals surface area contributed by atoms with Gasteiger partial charge in [-0.3, -0.25) is 14.9 Å². The van der Waals surface area contributed by atoms with Crippen LogP contribution in [-0.2, 0) is 6.54 Å². The summed E-state index contributed by atoms with van der Waals surface area (Å²) in [4.78, 5) is 16.8. The van der Waals surface area contributed by atoms with Gasteiger partial charge in [0, 0.05) is 34.8 Å². The molecule has 1 aromatic carbocycles. The first-order valence-electron chi connectivity index (χ1n) is 9.12. The largest absolute Gasteiger partial charge is 0.346 e. The van der Waals surface area contributed by atoms with E-state index in [0.29, 0.717) is 24.1 Å². The third-order valence-corrected chi connectivity index (χ3v) is 5.18. The van der Waals surface area contributed by atoms with Gasteiger partial charge in [-0.1, -0.05) is 6.07 Å². The number of hydrogen-bond acceptors (Lipinski definition) is 4. The first-order valence-corrected chi connectivity index (χ1v) is 9.12. The number of benzene rings is 1. The van der Waals surface area contributed by atoms with Crippen LogP contribution in [0.15, 0.2) is 42.6 Å². The molecule has 2 aromatic heterocycles. The Morgan fingerprint density at radius 3 is 2.81 bits per heavy atom. The summed E-state index contributed by atoms with van der Waals surface area (Å²) in [7, 11) is 0. The van der Waals surface area contributed by atoms with E-state index in [-0.39, 0.29) is 5.91 Å². The minimum atomic E-state index is -0.102. The second kappa shape index (κ2) is 7.25. The molecule has 26 heavy (non-hydrogen) atoms. The summed E-state index contributed by atoms with van der Waals surface area (Å²) in [6, 6.07) is 11.6. The molecule has 6 nitrogen and oxygen atoms in total. The topological polar surface area (TPSA) is 96.7 Å². The van der Waals surface area contributed by atoms with Crippen molar-refractivity contribution >= 4 is 16.8 Å². The zero-order chi connectivity index (χ0) is 17.9. The molecule has 0 aliphatic heterocycles. The number of pyridine rings is 1. The first kappa shape index (κ1) is 16.7. The fourth-order valence-corrected chi connectivity index (χ4v) is 3.67. The predicted octanol–water partition coefficient (Wildman–Crippen LogP) is 2.87. The highest BCUT2D eigenvalue weighted by Crippen LogP contribution is 2.35. The monoisotopic (exact) mass is 349 g/mol. The van der Waals surface area contributed by atoms with Crippen molar-refractivity contribution in [3.8, 4) is 0 Å². The van der Waals surface area contributed by atoms with E-state index < -0.39 is 0 Å². The molecule has 0 unspecified atom stereocenters. The fourth-order valence-electron chi connectivity index (χ4n) is 3.67. The molecule has 0 saturated heterocycles. The van der Waals surface area contributed by atoms with Gasteiger partial charge in [0.1, 0.15) is 0 Å². The minimum absolute atomic E-state index is 0.102. The van der Waals surface area contributed by atoms with Crippen molar-refractivity contribution in [2.45, 2.75) is 44.2 Å². The number of nitrogens with two attached hydrogens (primary N) is 1. The first-order chi connectivity index (χ1) is 12.7. The second-order valence-corrected chi connectivity index (χ2v) is 6.98. The number of H-pyrrole nitrogens is 1. The summed E-state index contributed by atoms with van der Waals surface area (Å²) in [5.41, 5.74) is 9.53. The molecule has 1 saturated carbocycles. The maximum absolute atomic E-state index is 12.5. The highest BCUT2D eigenvalue weighted by Gasteiger charge is 2.23. The van der Waals surface area contributed by atoms with Crippen LogP contribution >= 0.6 is 0 Å². The van der Waals surface area contributed by atoms with E-state index in [1.165, 1.54) is 0 Å². The van der Waals surface area contributed by atoms with Gasteiger partial charge in [-0.25, -0.2) is 0 Å². The number of fused-ring (bicyclic) bond motifs is 1. The van der Waals surface area contributed by atoms with Crippen LogP contribution < -0.4 is 11.1 Å². The molecule has 4 N–H and O–H groups in total. The summed E-state index contributed by atoms with van der Waals surface area (Å²) < 4.78 is 0. The molecule has 3 aromatic rings. The van der Waals surface area contributed by atoms with Crippen LogP contribution in [0.3, 0.4) is 0 Å². The van der Waals surface area contributed by atoms with Crippen molar-refractivity contribution in [3.63, 3.8) is 0 Å². The number of aromatic amines is 1. The summed E-state index contributed by atoms with van der Waals surface area (Å²) in [6.45, 7) is 0.413. The average molecular weight is 349 g/mol. The van der Waals surface area contributed by atoms with Crippen molar-refractivity contribution in [1.82, 2.24) is 20.5 Å². The maximum Gasteiger partial charge on any atom is 0.251 e. The number of nitrogens with one attached hydrogen (secondary N) is 2. The van der Waals surface area contributed by atoms with Crippen LogP contribution in [0.5, 0.6) is 0 Å². The standard InChI is InChI=1S/C20H23N5O/c21-15-7-4-13(5-8-15)19-17-11-14(6-9-18(17)24-25-19)20(26)23-12-16-3-1-2-10-22-16/h1-3,6,9-11,13,15H,4-5,7-8,12,21H2,(H,23,26)(H,24,25). The third kappa shape index (κ3) is 3.46. The molecule has 0 radical (unpaired) electrons. The highest BCUT2D eigenvalue weighted by molar-refractivity contribution is 5.98. The third-order valence-electron chi connectivity index (χ3n) is 5.18. The summed E-state index contributed by atoms with van der Waals surface area (Å²) in [5.74, 6) is 0.335. The lowest BCUT2D eigenvalue weighted by molar-refractivity contribution is 0.0950. The van der Waals surface area contributed by atoms with Gasteiger partial charge in [0.15, 0.2) is 0 Å². The smallest absolute Gasteiger partial charge is 0.251 e. The predicted molar refractivity (Wildman–Crippen MR) is 101 cm³/mol. The van der Waals surface area contributed by atoms with Gasteiger partial charge in [-0.15, -0.1) is 0 Å². The summed E-state index contributed by atoms with van der Waals surface area (Å²) in [6.07, 6.45) is 5.93. The summed E-state index contributed by atoms with van der Waals surface area (Å²) in [5, 5.41) is 11.6. The van der Waals surface area contributed by atoms with Crippen molar-refractivity contribution < 1.29 is 4.79 Å². The van der Waals surface area contributed by atoms with Crippen molar-refractivity contribution in [2.75, 3.05) is 0 Å². The molecule has 4 rings (SSSR count). The number of hydrogen-bond donors (Lipinski definition) is 3. The van der Waals surface area contributed by atoms with Crippen LogP contribution in [0.25, 0.3) is 10.9 Å². The van der Waals surface area contributed by atoms with Crippen LogP contribution in [0, 0.1) is 0 Å². The molecule has 2 heterocycles. The number of amides is 1. The van der Waals surface area contributed by atoms with Gasteiger partial charge in [-0.2, -0.15) is 5.10 Å². The van der Waals surface area contributed by atoms with E-state index in [1.807, 2.05) is 36.4 Å². The lowest BCUT2D eigenvalue weighted by Crippen LogP contribution is -2.26. The second-order valence-electron chi connectivity index (χ2n) is 6.98. The van der Waals surface area contributed by atoms with Gasteiger partial charge >= 0.3 is 0 Å². The SMILES string of the molecule is NC1CCC(c2[nH]nc3ccc(C(=O)NCc4ccccn4)cc23)CC1. The van der Waals surface area contributed by atoms with Crippen molar-refractivity contribution in [3.05, 3.63) is 59.5 Å². The zero-order valence-corrected chi connectivity index (χ0v) is 14.6. The van der Waals surface area contributed by atoms with E-state index in [9.17, 15) is 4.79 Å². The Hall–Kier alpha value is -2.73. The molecule has 134 valence electrons. The molecule has 1 aliphatic carbocycles.